The second-order valence-electron chi connectivity index (χ2n) is 7.23. The summed E-state index contributed by atoms with van der Waals surface area (Å²) in [7, 11) is 0. The minimum atomic E-state index is 0.118. The van der Waals surface area contributed by atoms with Crippen LogP contribution in [0.25, 0.3) is 10.9 Å². The Morgan fingerprint density at radius 3 is 3.09 bits per heavy atom. The van der Waals surface area contributed by atoms with Crippen molar-refractivity contribution in [2.45, 2.75) is 38.0 Å². The predicted octanol–water partition coefficient (Wildman–Crippen LogP) is 3.11. The molecule has 1 unspecified atom stereocenters. The Bertz CT molecular complexity index is 760. The predicted molar refractivity (Wildman–Crippen MR) is 88.3 cm³/mol. The number of phenols is 1. The van der Waals surface area contributed by atoms with Gasteiger partial charge in [-0.2, -0.15) is 0 Å². The van der Waals surface area contributed by atoms with Crippen molar-refractivity contribution in [2.75, 3.05) is 13.1 Å². The van der Waals surface area contributed by atoms with Crippen LogP contribution >= 0.6 is 0 Å². The molecule has 0 spiro atoms. The van der Waals surface area contributed by atoms with Gasteiger partial charge in [0.15, 0.2) is 0 Å². The summed E-state index contributed by atoms with van der Waals surface area (Å²) < 4.78 is 6.39. The molecular formula is C19H22N2O2. The Morgan fingerprint density at radius 1 is 1.35 bits per heavy atom. The number of rotatable bonds is 2. The molecular weight excluding hydrogens is 288 g/mol. The lowest BCUT2D eigenvalue weighted by Gasteiger charge is -2.62. The number of hydrogen-bond donors (Lipinski definition) is 1. The van der Waals surface area contributed by atoms with E-state index in [4.69, 9.17) is 4.74 Å². The Hall–Kier alpha value is -1.65. The number of piperidine rings is 3. The quantitative estimate of drug-likeness (QED) is 0.926. The highest BCUT2D eigenvalue weighted by Gasteiger charge is 2.57. The maximum absolute atomic E-state index is 9.85. The second-order valence-corrected chi connectivity index (χ2v) is 7.23. The van der Waals surface area contributed by atoms with Gasteiger partial charge in [-0.3, -0.25) is 9.88 Å². The summed E-state index contributed by atoms with van der Waals surface area (Å²) >= 11 is 0. The smallest absolute Gasteiger partial charge is 0.116 e. The molecule has 4 aliphatic rings. The van der Waals surface area contributed by atoms with Crippen LogP contribution in [0.4, 0.5) is 0 Å². The van der Waals surface area contributed by atoms with Crippen LogP contribution in [0.3, 0.4) is 0 Å². The molecule has 2 bridgehead atoms. The first-order valence-corrected chi connectivity index (χ1v) is 8.73. The Morgan fingerprint density at radius 2 is 2.26 bits per heavy atom. The van der Waals surface area contributed by atoms with Gasteiger partial charge in [-0.05, 0) is 54.6 Å². The van der Waals surface area contributed by atoms with Crippen molar-refractivity contribution in [2.24, 2.45) is 11.8 Å². The van der Waals surface area contributed by atoms with Crippen molar-refractivity contribution in [1.82, 2.24) is 9.88 Å². The van der Waals surface area contributed by atoms with Crippen molar-refractivity contribution >= 4 is 10.9 Å². The van der Waals surface area contributed by atoms with Gasteiger partial charge in [-0.1, -0.05) is 13.3 Å². The summed E-state index contributed by atoms with van der Waals surface area (Å²) in [5, 5.41) is 10.9. The monoisotopic (exact) mass is 310 g/mol. The number of ether oxygens (including phenoxy) is 1. The number of aromatic hydroxyl groups is 1. The summed E-state index contributed by atoms with van der Waals surface area (Å²) in [4.78, 5) is 7.06. The Kier molecular flexibility index (Phi) is 2.94. The molecule has 4 fully saturated rings. The number of fused-ring (bicyclic) bond motifs is 3. The fourth-order valence-corrected chi connectivity index (χ4v) is 5.04. The molecule has 0 aliphatic carbocycles. The van der Waals surface area contributed by atoms with Crippen molar-refractivity contribution in [3.8, 4) is 5.75 Å². The van der Waals surface area contributed by atoms with Gasteiger partial charge in [0.05, 0.1) is 17.7 Å². The Balaban J connectivity index is 1.52. The van der Waals surface area contributed by atoms with E-state index >= 15 is 0 Å². The van der Waals surface area contributed by atoms with E-state index in [1.54, 1.807) is 6.07 Å². The van der Waals surface area contributed by atoms with Gasteiger partial charge >= 0.3 is 0 Å². The lowest BCUT2D eigenvalue weighted by atomic mass is 9.67. The number of pyridine rings is 1. The van der Waals surface area contributed by atoms with Crippen LogP contribution in [-0.2, 0) is 4.74 Å². The molecule has 6 atom stereocenters. The molecule has 120 valence electrons. The molecule has 1 N–H and O–H groups in total. The second kappa shape index (κ2) is 4.92. The molecule has 1 aromatic carbocycles. The van der Waals surface area contributed by atoms with Crippen molar-refractivity contribution in [1.29, 1.82) is 0 Å². The molecule has 0 radical (unpaired) electrons. The number of benzene rings is 1. The summed E-state index contributed by atoms with van der Waals surface area (Å²) in [6.07, 6.45) is 4.91. The van der Waals surface area contributed by atoms with Crippen LogP contribution in [-0.4, -0.2) is 40.2 Å². The average molecular weight is 310 g/mol. The molecule has 5 heterocycles. The molecule has 0 saturated carbocycles. The minimum absolute atomic E-state index is 0.118. The molecule has 6 rings (SSSR count). The number of phenolic OH excluding ortho intramolecular Hbond substituents is 1. The van der Waals surface area contributed by atoms with Crippen LogP contribution < -0.4 is 0 Å². The third-order valence-electron chi connectivity index (χ3n) is 6.21. The fraction of sp³-hybridized carbons (Fsp3) is 0.526. The zero-order valence-electron chi connectivity index (χ0n) is 13.4. The van der Waals surface area contributed by atoms with Gasteiger partial charge < -0.3 is 9.84 Å². The van der Waals surface area contributed by atoms with Crippen LogP contribution in [0, 0.1) is 11.8 Å². The van der Waals surface area contributed by atoms with Gasteiger partial charge in [-0.15, -0.1) is 0 Å². The standard InChI is InChI=1S/C19H22N2O2/c1-2-11-10-21-8-6-13(11)18-17(21)19(23-18)14-5-7-20-16-4-3-12(22)9-15(14)16/h3-5,7,9,11,13,17-19,22H,2,6,8,10H2,1H3/t11-,13+,17+,18+,19-/m0/s1. The molecule has 4 aliphatic heterocycles. The molecule has 23 heavy (non-hydrogen) atoms. The lowest BCUT2D eigenvalue weighted by molar-refractivity contribution is -0.272. The van der Waals surface area contributed by atoms with E-state index < -0.39 is 0 Å². The zero-order chi connectivity index (χ0) is 15.6. The molecule has 4 heteroatoms. The third-order valence-corrected chi connectivity index (χ3v) is 6.21. The third kappa shape index (κ3) is 1.88. The summed E-state index contributed by atoms with van der Waals surface area (Å²) in [5.41, 5.74) is 2.10. The zero-order valence-corrected chi connectivity index (χ0v) is 13.4. The van der Waals surface area contributed by atoms with Gasteiger partial charge in [-0.25, -0.2) is 0 Å². The highest BCUT2D eigenvalue weighted by Crippen LogP contribution is 2.52. The summed E-state index contributed by atoms with van der Waals surface area (Å²) in [6, 6.07) is 7.96. The molecule has 4 nitrogen and oxygen atoms in total. The van der Waals surface area contributed by atoms with Crippen molar-refractivity contribution in [3.63, 3.8) is 0 Å². The fourth-order valence-electron chi connectivity index (χ4n) is 5.04. The van der Waals surface area contributed by atoms with E-state index in [9.17, 15) is 5.11 Å². The highest BCUT2D eigenvalue weighted by atomic mass is 16.5. The lowest BCUT2D eigenvalue weighted by Crippen LogP contribution is -2.70. The number of aromatic nitrogens is 1. The topological polar surface area (TPSA) is 45.6 Å². The maximum Gasteiger partial charge on any atom is 0.116 e. The first-order valence-electron chi connectivity index (χ1n) is 8.73. The first-order chi connectivity index (χ1) is 11.3. The van der Waals surface area contributed by atoms with E-state index in [0.717, 1.165) is 22.7 Å². The molecule has 0 amide bonds. The maximum atomic E-state index is 9.85. The van der Waals surface area contributed by atoms with E-state index in [1.165, 1.54) is 31.5 Å². The van der Waals surface area contributed by atoms with Crippen LogP contribution in [0.2, 0.25) is 0 Å². The highest BCUT2D eigenvalue weighted by molar-refractivity contribution is 5.84. The van der Waals surface area contributed by atoms with Gasteiger partial charge in [0.25, 0.3) is 0 Å². The van der Waals surface area contributed by atoms with Crippen molar-refractivity contribution in [3.05, 3.63) is 36.0 Å². The SMILES string of the molecule is CC[C@H]1CN2CC[C@H]1[C@H]1O[C@@H](c3ccnc4ccc(O)cc34)[C@@H]12. The first kappa shape index (κ1) is 13.8. The van der Waals surface area contributed by atoms with E-state index in [-0.39, 0.29) is 6.10 Å². The van der Waals surface area contributed by atoms with E-state index in [2.05, 4.69) is 22.9 Å². The van der Waals surface area contributed by atoms with Crippen LogP contribution in [0.15, 0.2) is 30.5 Å². The molecule has 4 saturated heterocycles. The number of hydrogen-bond acceptors (Lipinski definition) is 4. The van der Waals surface area contributed by atoms with Crippen LogP contribution in [0.1, 0.15) is 31.4 Å². The largest absolute Gasteiger partial charge is 0.508 e. The Labute approximate surface area is 136 Å². The van der Waals surface area contributed by atoms with Gasteiger partial charge in [0.1, 0.15) is 11.9 Å². The van der Waals surface area contributed by atoms with E-state index in [1.807, 2.05) is 18.3 Å². The summed E-state index contributed by atoms with van der Waals surface area (Å²) in [5.74, 6) is 1.82. The summed E-state index contributed by atoms with van der Waals surface area (Å²) in [6.45, 7) is 4.73. The normalized spacial score (nSPS) is 38.3. The number of nitrogens with zero attached hydrogens (tertiary/aromatic N) is 2. The molecule has 1 aromatic heterocycles. The van der Waals surface area contributed by atoms with E-state index in [0.29, 0.717) is 17.9 Å². The minimum Gasteiger partial charge on any atom is -0.508 e. The van der Waals surface area contributed by atoms with Gasteiger partial charge in [0.2, 0.25) is 0 Å². The molecule has 2 aromatic rings. The van der Waals surface area contributed by atoms with Crippen LogP contribution in [0.5, 0.6) is 5.75 Å². The average Bonchev–Trinajstić information content (AvgIpc) is 2.55. The van der Waals surface area contributed by atoms with Crippen molar-refractivity contribution < 1.29 is 9.84 Å². The van der Waals surface area contributed by atoms with Gasteiger partial charge in [0, 0.05) is 18.1 Å².